The average molecular weight is 194 g/mol. The predicted molar refractivity (Wildman–Crippen MR) is 58.8 cm³/mol. The molecule has 0 aliphatic heterocycles. The number of benzene rings is 1. The van der Waals surface area contributed by atoms with E-state index in [1.165, 1.54) is 6.07 Å². The zero-order valence-electron chi connectivity index (χ0n) is 8.55. The summed E-state index contributed by atoms with van der Waals surface area (Å²) in [6.45, 7) is 4.10. The maximum absolute atomic E-state index is 13.5. The van der Waals surface area contributed by atoms with Gasteiger partial charge in [0.2, 0.25) is 0 Å². The van der Waals surface area contributed by atoms with Crippen LogP contribution in [0.4, 0.5) is 10.1 Å². The molecule has 0 saturated heterocycles. The lowest BCUT2D eigenvalue weighted by molar-refractivity contribution is 0.625. The molecule has 1 aromatic rings. The van der Waals surface area contributed by atoms with Crippen molar-refractivity contribution in [3.63, 3.8) is 0 Å². The number of nitrogens with two attached hydrogens (primary N) is 1. The average Bonchev–Trinajstić information content (AvgIpc) is 2.15. The summed E-state index contributed by atoms with van der Waals surface area (Å²) in [5, 5.41) is 0. The number of rotatable bonds is 3. The molecular formula is C11H15FN2. The molecule has 0 aliphatic carbocycles. The molecule has 0 unspecified atom stereocenters. The standard InChI is InChI=1S/C11H15FN2/c1-8(7-13)9-4-5-11(14(2)3)10(12)6-9/h4-6H,1,7,13H2,2-3H3. The maximum atomic E-state index is 13.5. The van der Waals surface area contributed by atoms with Crippen molar-refractivity contribution in [2.45, 2.75) is 0 Å². The summed E-state index contributed by atoms with van der Waals surface area (Å²) >= 11 is 0. The van der Waals surface area contributed by atoms with Crippen LogP contribution in [-0.4, -0.2) is 20.6 Å². The first-order chi connectivity index (χ1) is 6.56. The molecule has 0 heterocycles. The highest BCUT2D eigenvalue weighted by atomic mass is 19.1. The van der Waals surface area contributed by atoms with Gasteiger partial charge in [-0.15, -0.1) is 0 Å². The van der Waals surface area contributed by atoms with Crippen LogP contribution in [0.2, 0.25) is 0 Å². The van der Waals surface area contributed by atoms with Gasteiger partial charge in [-0.05, 0) is 23.3 Å². The lowest BCUT2D eigenvalue weighted by Crippen LogP contribution is -2.11. The first-order valence-electron chi connectivity index (χ1n) is 4.41. The van der Waals surface area contributed by atoms with Gasteiger partial charge >= 0.3 is 0 Å². The van der Waals surface area contributed by atoms with Gasteiger partial charge in [0.1, 0.15) is 5.82 Å². The number of hydrogen-bond acceptors (Lipinski definition) is 2. The van der Waals surface area contributed by atoms with E-state index < -0.39 is 0 Å². The summed E-state index contributed by atoms with van der Waals surface area (Å²) in [6.07, 6.45) is 0. The van der Waals surface area contributed by atoms with Gasteiger partial charge in [0.15, 0.2) is 0 Å². The monoisotopic (exact) mass is 194 g/mol. The van der Waals surface area contributed by atoms with E-state index in [2.05, 4.69) is 6.58 Å². The molecule has 0 aromatic heterocycles. The van der Waals surface area contributed by atoms with Crippen LogP contribution in [0.3, 0.4) is 0 Å². The molecule has 0 aliphatic rings. The number of halogens is 1. The van der Waals surface area contributed by atoms with Gasteiger partial charge in [0, 0.05) is 20.6 Å². The summed E-state index contributed by atoms with van der Waals surface area (Å²) in [5.74, 6) is -0.248. The van der Waals surface area contributed by atoms with Gasteiger partial charge in [0.05, 0.1) is 5.69 Å². The highest BCUT2D eigenvalue weighted by Crippen LogP contribution is 2.21. The van der Waals surface area contributed by atoms with Crippen molar-refractivity contribution in [1.82, 2.24) is 0 Å². The summed E-state index contributed by atoms with van der Waals surface area (Å²) < 4.78 is 13.5. The van der Waals surface area contributed by atoms with E-state index in [1.807, 2.05) is 6.07 Å². The van der Waals surface area contributed by atoms with Crippen LogP contribution >= 0.6 is 0 Å². The van der Waals surface area contributed by atoms with Crippen LogP contribution < -0.4 is 10.6 Å². The van der Waals surface area contributed by atoms with Crippen molar-refractivity contribution in [3.05, 3.63) is 36.2 Å². The molecule has 76 valence electrons. The zero-order chi connectivity index (χ0) is 10.7. The molecular weight excluding hydrogens is 179 g/mol. The summed E-state index contributed by atoms with van der Waals surface area (Å²) in [7, 11) is 3.60. The first kappa shape index (κ1) is 10.7. The van der Waals surface area contributed by atoms with Crippen LogP contribution in [0.1, 0.15) is 5.56 Å². The Morgan fingerprint density at radius 2 is 2.14 bits per heavy atom. The third-order valence-electron chi connectivity index (χ3n) is 2.08. The molecule has 2 N–H and O–H groups in total. The Morgan fingerprint density at radius 1 is 1.50 bits per heavy atom. The van der Waals surface area contributed by atoms with Crippen LogP contribution in [0.25, 0.3) is 5.57 Å². The Labute approximate surface area is 83.8 Å². The maximum Gasteiger partial charge on any atom is 0.147 e. The fraction of sp³-hybridized carbons (Fsp3) is 0.273. The molecule has 3 heteroatoms. The fourth-order valence-corrected chi connectivity index (χ4v) is 1.21. The van der Waals surface area contributed by atoms with Crippen LogP contribution in [0, 0.1) is 5.82 Å². The van der Waals surface area contributed by atoms with E-state index in [1.54, 1.807) is 25.1 Å². The normalized spacial score (nSPS) is 10.0. The Bertz CT molecular complexity index is 345. The lowest BCUT2D eigenvalue weighted by atomic mass is 10.1. The van der Waals surface area contributed by atoms with Gasteiger partial charge < -0.3 is 10.6 Å². The van der Waals surface area contributed by atoms with Crippen molar-refractivity contribution < 1.29 is 4.39 Å². The second-order valence-electron chi connectivity index (χ2n) is 3.37. The largest absolute Gasteiger partial charge is 0.375 e. The smallest absolute Gasteiger partial charge is 0.147 e. The summed E-state index contributed by atoms with van der Waals surface area (Å²) in [5.41, 5.74) is 7.49. The third-order valence-corrected chi connectivity index (χ3v) is 2.08. The van der Waals surface area contributed by atoms with Crippen molar-refractivity contribution in [3.8, 4) is 0 Å². The van der Waals surface area contributed by atoms with E-state index in [9.17, 15) is 4.39 Å². The fourth-order valence-electron chi connectivity index (χ4n) is 1.21. The molecule has 0 amide bonds. The highest BCUT2D eigenvalue weighted by molar-refractivity contribution is 5.66. The Hall–Kier alpha value is -1.35. The molecule has 0 atom stereocenters. The van der Waals surface area contributed by atoms with E-state index in [0.717, 1.165) is 11.1 Å². The SMILES string of the molecule is C=C(CN)c1ccc(N(C)C)c(F)c1. The van der Waals surface area contributed by atoms with E-state index in [0.29, 0.717) is 12.2 Å². The molecule has 14 heavy (non-hydrogen) atoms. The second-order valence-corrected chi connectivity index (χ2v) is 3.37. The molecule has 0 bridgehead atoms. The minimum Gasteiger partial charge on any atom is -0.375 e. The van der Waals surface area contributed by atoms with Crippen molar-refractivity contribution in [2.24, 2.45) is 5.73 Å². The van der Waals surface area contributed by atoms with E-state index in [-0.39, 0.29) is 5.82 Å². The predicted octanol–water partition coefficient (Wildman–Crippen LogP) is 1.86. The van der Waals surface area contributed by atoms with Crippen LogP contribution in [0.5, 0.6) is 0 Å². The number of anilines is 1. The molecule has 1 aromatic carbocycles. The first-order valence-corrected chi connectivity index (χ1v) is 4.41. The van der Waals surface area contributed by atoms with Gasteiger partial charge in [0.25, 0.3) is 0 Å². The second kappa shape index (κ2) is 4.24. The van der Waals surface area contributed by atoms with Gasteiger partial charge in [-0.25, -0.2) is 4.39 Å². The number of hydrogen-bond donors (Lipinski definition) is 1. The van der Waals surface area contributed by atoms with Gasteiger partial charge in [-0.2, -0.15) is 0 Å². The summed E-state index contributed by atoms with van der Waals surface area (Å²) in [4.78, 5) is 1.73. The van der Waals surface area contributed by atoms with Crippen LogP contribution in [-0.2, 0) is 0 Å². The van der Waals surface area contributed by atoms with Crippen molar-refractivity contribution in [1.29, 1.82) is 0 Å². The Balaban J connectivity index is 3.06. The minimum absolute atomic E-state index is 0.248. The molecule has 1 rings (SSSR count). The lowest BCUT2D eigenvalue weighted by Gasteiger charge is -2.14. The summed E-state index contributed by atoms with van der Waals surface area (Å²) in [6, 6.07) is 5.02. The molecule has 0 fully saturated rings. The van der Waals surface area contributed by atoms with Crippen molar-refractivity contribution >= 4 is 11.3 Å². The Kier molecular flexibility index (Phi) is 3.25. The van der Waals surface area contributed by atoms with Crippen LogP contribution in [0.15, 0.2) is 24.8 Å². The van der Waals surface area contributed by atoms with Gasteiger partial charge in [-0.1, -0.05) is 12.6 Å². The molecule has 0 saturated carbocycles. The Morgan fingerprint density at radius 3 is 2.57 bits per heavy atom. The van der Waals surface area contributed by atoms with Crippen molar-refractivity contribution in [2.75, 3.05) is 25.5 Å². The molecule has 0 spiro atoms. The topological polar surface area (TPSA) is 29.3 Å². The zero-order valence-corrected chi connectivity index (χ0v) is 8.55. The van der Waals surface area contributed by atoms with Gasteiger partial charge in [-0.3, -0.25) is 0 Å². The quantitative estimate of drug-likeness (QED) is 0.795. The molecule has 2 nitrogen and oxygen atoms in total. The minimum atomic E-state index is -0.248. The third kappa shape index (κ3) is 2.12. The van der Waals surface area contributed by atoms with E-state index >= 15 is 0 Å². The van der Waals surface area contributed by atoms with E-state index in [4.69, 9.17) is 5.73 Å². The molecule has 0 radical (unpaired) electrons. The number of nitrogens with zero attached hydrogens (tertiary/aromatic N) is 1. The highest BCUT2D eigenvalue weighted by Gasteiger charge is 2.06.